The van der Waals surface area contributed by atoms with Gasteiger partial charge in [0.1, 0.15) is 12.1 Å². The van der Waals surface area contributed by atoms with E-state index >= 15 is 0 Å². The van der Waals surface area contributed by atoms with Crippen molar-refractivity contribution < 1.29 is 14.4 Å². The van der Waals surface area contributed by atoms with Crippen molar-refractivity contribution >= 4 is 29.3 Å². The maximum absolute atomic E-state index is 13.4. The summed E-state index contributed by atoms with van der Waals surface area (Å²) in [5.41, 5.74) is 0.507. The Bertz CT molecular complexity index is 824. The molecular formula is C23H30ClN3O3. The van der Waals surface area contributed by atoms with Crippen molar-refractivity contribution in [1.82, 2.24) is 15.1 Å². The molecule has 2 saturated heterocycles. The molecule has 7 heteroatoms. The summed E-state index contributed by atoms with van der Waals surface area (Å²) in [4.78, 5) is 42.9. The highest BCUT2D eigenvalue weighted by Crippen LogP contribution is 2.40. The molecule has 1 aliphatic carbocycles. The third kappa shape index (κ3) is 4.20. The Kier molecular flexibility index (Phi) is 6.32. The largest absolute Gasteiger partial charge is 0.343 e. The Morgan fingerprint density at radius 1 is 1.10 bits per heavy atom. The molecule has 4 rings (SSSR count). The number of halogens is 1. The monoisotopic (exact) mass is 431 g/mol. The Labute approximate surface area is 182 Å². The quantitative estimate of drug-likeness (QED) is 0.795. The summed E-state index contributed by atoms with van der Waals surface area (Å²) in [5, 5.41) is 3.41. The van der Waals surface area contributed by atoms with Crippen molar-refractivity contribution in [3.05, 3.63) is 34.9 Å². The van der Waals surface area contributed by atoms with Crippen molar-refractivity contribution in [2.45, 2.75) is 70.0 Å². The minimum absolute atomic E-state index is 0.0380. The zero-order valence-corrected chi connectivity index (χ0v) is 18.2. The summed E-state index contributed by atoms with van der Waals surface area (Å²) in [7, 11) is 0. The zero-order valence-electron chi connectivity index (χ0n) is 17.5. The number of amides is 3. The van der Waals surface area contributed by atoms with Gasteiger partial charge in [0.25, 0.3) is 5.91 Å². The molecule has 1 aromatic carbocycles. The lowest BCUT2D eigenvalue weighted by Crippen LogP contribution is -2.54. The van der Waals surface area contributed by atoms with Gasteiger partial charge in [-0.1, -0.05) is 30.5 Å². The SMILES string of the molecule is C[C@H](NC(=O)C1CC2CCCCC2N1C(=O)c1cccc(Cl)c1)C(=O)N1CCCC1. The second-order valence-corrected chi connectivity index (χ2v) is 9.29. The van der Waals surface area contributed by atoms with E-state index in [-0.39, 0.29) is 23.8 Å². The highest BCUT2D eigenvalue weighted by molar-refractivity contribution is 6.31. The molecule has 0 spiro atoms. The summed E-state index contributed by atoms with van der Waals surface area (Å²) < 4.78 is 0. The van der Waals surface area contributed by atoms with E-state index < -0.39 is 12.1 Å². The second kappa shape index (κ2) is 8.96. The fourth-order valence-corrected chi connectivity index (χ4v) is 5.53. The lowest BCUT2D eigenvalue weighted by molar-refractivity contribution is -0.136. The van der Waals surface area contributed by atoms with Crippen LogP contribution in [0.15, 0.2) is 24.3 Å². The van der Waals surface area contributed by atoms with Gasteiger partial charge in [-0.3, -0.25) is 14.4 Å². The molecule has 1 aromatic rings. The zero-order chi connectivity index (χ0) is 21.3. The van der Waals surface area contributed by atoms with Gasteiger partial charge in [-0.25, -0.2) is 0 Å². The van der Waals surface area contributed by atoms with E-state index in [1.807, 2.05) is 4.90 Å². The van der Waals surface area contributed by atoms with E-state index in [2.05, 4.69) is 5.32 Å². The van der Waals surface area contributed by atoms with Crippen LogP contribution in [-0.4, -0.2) is 58.7 Å². The Hall–Kier alpha value is -2.08. The van der Waals surface area contributed by atoms with E-state index in [9.17, 15) is 14.4 Å². The fraction of sp³-hybridized carbons (Fsp3) is 0.609. The van der Waals surface area contributed by atoms with Crippen molar-refractivity contribution in [3.63, 3.8) is 0 Å². The lowest BCUT2D eigenvalue weighted by Gasteiger charge is -2.34. The van der Waals surface area contributed by atoms with Crippen LogP contribution in [0.1, 0.15) is 62.2 Å². The number of nitrogens with one attached hydrogen (secondary N) is 1. The van der Waals surface area contributed by atoms with Crippen molar-refractivity contribution in [2.75, 3.05) is 13.1 Å². The van der Waals surface area contributed by atoms with Gasteiger partial charge in [0.15, 0.2) is 0 Å². The van der Waals surface area contributed by atoms with E-state index in [1.54, 1.807) is 36.1 Å². The van der Waals surface area contributed by atoms with Gasteiger partial charge < -0.3 is 15.1 Å². The van der Waals surface area contributed by atoms with Crippen LogP contribution in [0.25, 0.3) is 0 Å². The van der Waals surface area contributed by atoms with Crippen molar-refractivity contribution in [3.8, 4) is 0 Å². The number of likely N-dealkylation sites (tertiary alicyclic amines) is 2. The average Bonchev–Trinajstić information content (AvgIpc) is 3.40. The van der Waals surface area contributed by atoms with E-state index in [0.717, 1.165) is 51.6 Å². The number of rotatable bonds is 4. The molecule has 4 atom stereocenters. The molecule has 0 radical (unpaired) electrons. The molecule has 2 heterocycles. The third-order valence-corrected chi connectivity index (χ3v) is 7.08. The van der Waals surface area contributed by atoms with E-state index in [1.165, 1.54) is 0 Å². The van der Waals surface area contributed by atoms with Crippen molar-refractivity contribution in [1.29, 1.82) is 0 Å². The molecule has 3 unspecified atom stereocenters. The highest BCUT2D eigenvalue weighted by Gasteiger charge is 2.48. The van der Waals surface area contributed by atoms with Gasteiger partial charge >= 0.3 is 0 Å². The highest BCUT2D eigenvalue weighted by atomic mass is 35.5. The number of nitrogens with zero attached hydrogens (tertiary/aromatic N) is 2. The Morgan fingerprint density at radius 3 is 2.57 bits per heavy atom. The molecule has 1 saturated carbocycles. The van der Waals surface area contributed by atoms with Crippen LogP contribution >= 0.6 is 11.6 Å². The van der Waals surface area contributed by atoms with Gasteiger partial charge in [0.05, 0.1) is 0 Å². The fourth-order valence-electron chi connectivity index (χ4n) is 5.34. The van der Waals surface area contributed by atoms with Crippen LogP contribution in [0.4, 0.5) is 0 Å². The topological polar surface area (TPSA) is 69.7 Å². The first-order chi connectivity index (χ1) is 14.5. The van der Waals surface area contributed by atoms with Crippen LogP contribution < -0.4 is 5.32 Å². The molecular weight excluding hydrogens is 402 g/mol. The molecule has 3 aliphatic rings. The molecule has 3 fully saturated rings. The van der Waals surface area contributed by atoms with Crippen LogP contribution in [0.5, 0.6) is 0 Å². The van der Waals surface area contributed by atoms with Crippen LogP contribution in [0.2, 0.25) is 5.02 Å². The Morgan fingerprint density at radius 2 is 1.83 bits per heavy atom. The maximum atomic E-state index is 13.4. The first kappa shape index (κ1) is 21.2. The van der Waals surface area contributed by atoms with E-state index in [4.69, 9.17) is 11.6 Å². The summed E-state index contributed by atoms with van der Waals surface area (Å²) in [6.07, 6.45) is 6.85. The lowest BCUT2D eigenvalue weighted by atomic mass is 9.84. The van der Waals surface area contributed by atoms with Crippen LogP contribution in [-0.2, 0) is 9.59 Å². The number of benzene rings is 1. The second-order valence-electron chi connectivity index (χ2n) is 8.85. The number of carbonyl (C=O) groups excluding carboxylic acids is 3. The molecule has 0 bridgehead atoms. The van der Waals surface area contributed by atoms with Gasteiger partial charge in [0, 0.05) is 29.7 Å². The summed E-state index contributed by atoms with van der Waals surface area (Å²) in [5.74, 6) is -0.0726. The van der Waals surface area contributed by atoms with Crippen LogP contribution in [0, 0.1) is 5.92 Å². The number of hydrogen-bond acceptors (Lipinski definition) is 3. The molecule has 2 aliphatic heterocycles. The third-order valence-electron chi connectivity index (χ3n) is 6.84. The van der Waals surface area contributed by atoms with Crippen molar-refractivity contribution in [2.24, 2.45) is 5.92 Å². The first-order valence-electron chi connectivity index (χ1n) is 11.1. The van der Waals surface area contributed by atoms with E-state index in [0.29, 0.717) is 22.9 Å². The maximum Gasteiger partial charge on any atom is 0.254 e. The van der Waals surface area contributed by atoms with Gasteiger partial charge in [-0.15, -0.1) is 0 Å². The average molecular weight is 432 g/mol. The first-order valence-corrected chi connectivity index (χ1v) is 11.5. The van der Waals surface area contributed by atoms with Gasteiger partial charge in [0.2, 0.25) is 11.8 Å². The molecule has 0 aromatic heterocycles. The minimum atomic E-state index is -0.582. The van der Waals surface area contributed by atoms with Gasteiger partial charge in [-0.05, 0) is 63.1 Å². The van der Waals surface area contributed by atoms with Crippen LogP contribution in [0.3, 0.4) is 0 Å². The summed E-state index contributed by atoms with van der Waals surface area (Å²) >= 11 is 6.11. The molecule has 1 N–H and O–H groups in total. The standard InChI is InChI=1S/C23H30ClN3O3/c1-15(22(29)26-11-4-5-12-26)25-21(28)20-14-16-7-2-3-10-19(16)27(20)23(30)17-8-6-9-18(24)13-17/h6,8-9,13,15-16,19-20H,2-5,7,10-12,14H2,1H3,(H,25,28)/t15-,16?,19?,20?/m0/s1. The molecule has 3 amide bonds. The minimum Gasteiger partial charge on any atom is -0.343 e. The molecule has 162 valence electrons. The Balaban J connectivity index is 1.52. The smallest absolute Gasteiger partial charge is 0.254 e. The predicted molar refractivity (Wildman–Crippen MR) is 115 cm³/mol. The van der Waals surface area contributed by atoms with Gasteiger partial charge in [-0.2, -0.15) is 0 Å². The summed E-state index contributed by atoms with van der Waals surface area (Å²) in [6, 6.07) is 5.86. The normalized spacial score (nSPS) is 26.9. The molecule has 6 nitrogen and oxygen atoms in total. The number of hydrogen-bond donors (Lipinski definition) is 1. The molecule has 30 heavy (non-hydrogen) atoms. The predicted octanol–water partition coefficient (Wildman–Crippen LogP) is 3.24. The number of fused-ring (bicyclic) bond motifs is 1. The number of carbonyl (C=O) groups is 3. The summed E-state index contributed by atoms with van der Waals surface area (Å²) in [6.45, 7) is 3.25.